The van der Waals surface area contributed by atoms with E-state index in [0.29, 0.717) is 0 Å². The van der Waals surface area contributed by atoms with Crippen LogP contribution in [0.3, 0.4) is 0 Å². The van der Waals surface area contributed by atoms with Crippen molar-refractivity contribution in [3.63, 3.8) is 0 Å². The van der Waals surface area contributed by atoms with Gasteiger partial charge in [-0.05, 0) is 0 Å². The summed E-state index contributed by atoms with van der Waals surface area (Å²) >= 11 is -0.212. The zero-order chi connectivity index (χ0) is 4.41. The standard InChI is InChI=1S/C5H6.In/c1-4-5(2)3;/h1-2,4H,3H3;. The molecular formula is C5H6In. The molecule has 0 atom stereocenters. The van der Waals surface area contributed by atoms with Crippen LogP contribution in [0.4, 0.5) is 0 Å². The third-order valence-electron chi connectivity index (χ3n) is 0.829. The molecule has 0 unspecified atom stereocenters. The Morgan fingerprint density at radius 1 is 1.67 bits per heavy atom. The van der Waals surface area contributed by atoms with E-state index in [1.54, 1.807) is 0 Å². The van der Waals surface area contributed by atoms with Gasteiger partial charge in [0.15, 0.2) is 0 Å². The third kappa shape index (κ3) is 0.904. The molecule has 0 aromatic rings. The minimum atomic E-state index is -0.212. The molecule has 0 spiro atoms. The molecule has 0 fully saturated rings. The third-order valence-corrected chi connectivity index (χ3v) is 4.06. The van der Waals surface area contributed by atoms with Gasteiger partial charge in [-0.2, -0.15) is 0 Å². The fourth-order valence-corrected chi connectivity index (χ4v) is 3.15. The first-order chi connectivity index (χ1) is 2.89. The Balaban J connectivity index is 2.68. The molecule has 0 aromatic heterocycles. The summed E-state index contributed by atoms with van der Waals surface area (Å²) in [5.41, 5.74) is 1.48. The maximum absolute atomic E-state index is 2.40. The van der Waals surface area contributed by atoms with E-state index in [2.05, 4.69) is 20.7 Å². The minimum absolute atomic E-state index is 0.212. The van der Waals surface area contributed by atoms with Crippen LogP contribution in [0.25, 0.3) is 0 Å². The average molecular weight is 181 g/mol. The Bertz CT molecular complexity index is 97.8. The summed E-state index contributed by atoms with van der Waals surface area (Å²) in [6.07, 6.45) is 2.22. The Morgan fingerprint density at radius 2 is 2.50 bits per heavy atom. The van der Waals surface area contributed by atoms with E-state index < -0.39 is 0 Å². The van der Waals surface area contributed by atoms with Gasteiger partial charge in [0, 0.05) is 0 Å². The number of hydrogen-bond acceptors (Lipinski definition) is 0. The molecule has 1 aliphatic rings. The molecule has 0 N–H and O–H groups in total. The van der Waals surface area contributed by atoms with Crippen molar-refractivity contribution in [2.24, 2.45) is 0 Å². The van der Waals surface area contributed by atoms with Crippen molar-refractivity contribution in [3.05, 3.63) is 19.3 Å². The summed E-state index contributed by atoms with van der Waals surface area (Å²) in [5, 5.41) is 0. The van der Waals surface area contributed by atoms with Gasteiger partial charge in [0.25, 0.3) is 0 Å². The van der Waals surface area contributed by atoms with Crippen LogP contribution in [0.5, 0.6) is 0 Å². The summed E-state index contributed by atoms with van der Waals surface area (Å²) in [6, 6.07) is 0. The van der Waals surface area contributed by atoms with Crippen LogP contribution in [-0.2, 0) is 0 Å². The van der Waals surface area contributed by atoms with Crippen LogP contribution < -0.4 is 0 Å². The van der Waals surface area contributed by atoms with Gasteiger partial charge < -0.3 is 0 Å². The molecule has 29 valence electrons. The van der Waals surface area contributed by atoms with Crippen molar-refractivity contribution in [2.75, 3.05) is 0 Å². The molecule has 0 saturated heterocycles. The fraction of sp³-hybridized carbons (Fsp3) is 0.200. The summed E-state index contributed by atoms with van der Waals surface area (Å²) < 4.78 is 4.75. The molecule has 0 saturated carbocycles. The van der Waals surface area contributed by atoms with Crippen molar-refractivity contribution >= 4 is 22.9 Å². The fourth-order valence-electron chi connectivity index (χ4n) is 0.470. The molecule has 0 bridgehead atoms. The molecule has 0 aromatic carbocycles. The molecule has 6 heavy (non-hydrogen) atoms. The van der Waals surface area contributed by atoms with Gasteiger partial charge >= 0.3 is 49.1 Å². The first-order valence-electron chi connectivity index (χ1n) is 2.08. The second-order valence-electron chi connectivity index (χ2n) is 1.46. The Morgan fingerprint density at radius 3 is 2.67 bits per heavy atom. The molecule has 1 heterocycles. The summed E-state index contributed by atoms with van der Waals surface area (Å²) in [7, 11) is 0. The maximum atomic E-state index is 2.40. The van der Waals surface area contributed by atoms with Crippen molar-refractivity contribution in [1.82, 2.24) is 0 Å². The molecule has 0 aliphatic carbocycles. The van der Waals surface area contributed by atoms with Gasteiger partial charge in [0.1, 0.15) is 0 Å². The molecule has 0 nitrogen and oxygen atoms in total. The first-order valence-corrected chi connectivity index (χ1v) is 5.88. The number of allylic oxidation sites excluding steroid dienone is 2. The second kappa shape index (κ2) is 1.87. The van der Waals surface area contributed by atoms with Gasteiger partial charge in [-0.15, -0.1) is 0 Å². The zero-order valence-corrected chi connectivity index (χ0v) is 7.11. The first kappa shape index (κ1) is 4.51. The SMILES string of the molecule is CC1=[CH][In][CH]=C1. The van der Waals surface area contributed by atoms with E-state index in [-0.39, 0.29) is 22.9 Å². The molecule has 1 radical (unpaired) electrons. The van der Waals surface area contributed by atoms with Gasteiger partial charge in [0.2, 0.25) is 0 Å². The molecule has 1 heteroatoms. The Hall–Kier alpha value is 0.350. The molecule has 0 amide bonds. The topological polar surface area (TPSA) is 0 Å². The second-order valence-corrected chi connectivity index (χ2v) is 4.61. The van der Waals surface area contributed by atoms with Crippen LogP contribution in [0.1, 0.15) is 6.92 Å². The average Bonchev–Trinajstić information content (AvgIpc) is 1.86. The van der Waals surface area contributed by atoms with Gasteiger partial charge in [-0.1, -0.05) is 0 Å². The van der Waals surface area contributed by atoms with E-state index in [1.165, 1.54) is 5.57 Å². The van der Waals surface area contributed by atoms with Crippen molar-refractivity contribution in [3.8, 4) is 0 Å². The van der Waals surface area contributed by atoms with Crippen LogP contribution in [0, 0.1) is 0 Å². The van der Waals surface area contributed by atoms with Crippen LogP contribution in [0.2, 0.25) is 0 Å². The van der Waals surface area contributed by atoms with Crippen LogP contribution in [0.15, 0.2) is 19.3 Å². The Kier molecular flexibility index (Phi) is 1.41. The van der Waals surface area contributed by atoms with Gasteiger partial charge in [-0.25, -0.2) is 0 Å². The molecule has 1 rings (SSSR count). The Labute approximate surface area is 49.3 Å². The summed E-state index contributed by atoms with van der Waals surface area (Å²) in [5.74, 6) is 0. The van der Waals surface area contributed by atoms with Gasteiger partial charge in [-0.3, -0.25) is 0 Å². The molecular weight excluding hydrogens is 175 g/mol. The molecule has 1 aliphatic heterocycles. The van der Waals surface area contributed by atoms with E-state index >= 15 is 0 Å². The van der Waals surface area contributed by atoms with Crippen LogP contribution in [-0.4, -0.2) is 22.9 Å². The zero-order valence-electron chi connectivity index (χ0n) is 3.81. The van der Waals surface area contributed by atoms with Crippen molar-refractivity contribution in [2.45, 2.75) is 6.92 Å². The van der Waals surface area contributed by atoms with Crippen molar-refractivity contribution in [1.29, 1.82) is 0 Å². The van der Waals surface area contributed by atoms with E-state index in [4.69, 9.17) is 0 Å². The summed E-state index contributed by atoms with van der Waals surface area (Å²) in [6.45, 7) is 2.16. The number of hydrogen-bond donors (Lipinski definition) is 0. The van der Waals surface area contributed by atoms with Crippen LogP contribution >= 0.6 is 0 Å². The predicted molar refractivity (Wildman–Crippen MR) is 28.7 cm³/mol. The van der Waals surface area contributed by atoms with E-state index in [9.17, 15) is 0 Å². The van der Waals surface area contributed by atoms with E-state index in [0.717, 1.165) is 0 Å². The number of rotatable bonds is 0. The van der Waals surface area contributed by atoms with Crippen molar-refractivity contribution < 1.29 is 0 Å². The quantitative estimate of drug-likeness (QED) is 0.525. The monoisotopic (exact) mass is 181 g/mol. The normalized spacial score (nSPS) is 17.2. The van der Waals surface area contributed by atoms with Gasteiger partial charge in [0.05, 0.1) is 0 Å². The van der Waals surface area contributed by atoms with E-state index in [1.807, 2.05) is 0 Å². The predicted octanol–water partition coefficient (Wildman–Crippen LogP) is 1.12. The summed E-state index contributed by atoms with van der Waals surface area (Å²) in [4.78, 5) is 0.